The Morgan fingerprint density at radius 2 is 2.10 bits per heavy atom. The van der Waals surface area contributed by atoms with Crippen molar-refractivity contribution in [3.05, 3.63) is 65.0 Å². The van der Waals surface area contributed by atoms with Crippen molar-refractivity contribution in [2.45, 2.75) is 20.0 Å². The first-order valence-corrected chi connectivity index (χ1v) is 8.08. The number of aryl methyl sites for hydroxylation is 1. The Labute approximate surface area is 123 Å². The van der Waals surface area contributed by atoms with E-state index in [1.807, 2.05) is 31.2 Å². The summed E-state index contributed by atoms with van der Waals surface area (Å²) in [5.74, 6) is 0. The number of hydrogen-bond donors (Lipinski definition) is 1. The Morgan fingerprint density at radius 3 is 2.90 bits per heavy atom. The van der Waals surface area contributed by atoms with Gasteiger partial charge in [0.05, 0.1) is 12.2 Å². The van der Waals surface area contributed by atoms with Crippen LogP contribution in [0.3, 0.4) is 0 Å². The molecular weight excluding hydrogens is 286 g/mol. The largest absolute Gasteiger partial charge is 0.265 e. The van der Waals surface area contributed by atoms with Crippen molar-refractivity contribution < 1.29 is 8.42 Å². The third kappa shape index (κ3) is 2.86. The van der Waals surface area contributed by atoms with Crippen LogP contribution in [0.1, 0.15) is 22.4 Å². The minimum absolute atomic E-state index is 0.0817. The summed E-state index contributed by atoms with van der Waals surface area (Å²) < 4.78 is 27.4. The van der Waals surface area contributed by atoms with Gasteiger partial charge in [0.1, 0.15) is 0 Å². The molecule has 2 aromatic rings. The number of aliphatic imine (C=N–C) groups is 1. The molecule has 0 unspecified atom stereocenters. The van der Waals surface area contributed by atoms with Crippen molar-refractivity contribution in [3.63, 3.8) is 0 Å². The molecule has 2 heterocycles. The Morgan fingerprint density at radius 1 is 1.24 bits per heavy atom. The third-order valence-corrected chi connectivity index (χ3v) is 4.68. The maximum absolute atomic E-state index is 12.4. The van der Waals surface area contributed by atoms with Crippen LogP contribution >= 0.6 is 0 Å². The Balaban J connectivity index is 1.80. The van der Waals surface area contributed by atoms with E-state index in [0.717, 1.165) is 11.1 Å². The normalized spacial score (nSPS) is 13.9. The lowest BCUT2D eigenvalue weighted by Crippen LogP contribution is -2.30. The average molecular weight is 301 g/mol. The van der Waals surface area contributed by atoms with Crippen LogP contribution in [0, 0.1) is 6.92 Å². The van der Waals surface area contributed by atoms with Gasteiger partial charge in [0.15, 0.2) is 5.04 Å². The second-order valence-corrected chi connectivity index (χ2v) is 6.61. The molecule has 1 N–H and O–H groups in total. The van der Waals surface area contributed by atoms with E-state index in [9.17, 15) is 8.42 Å². The van der Waals surface area contributed by atoms with Gasteiger partial charge in [-0.25, -0.2) is 13.1 Å². The SMILES string of the molecule is Cc1cccc(CNS(=O)(=O)C2=NCc3ncccc32)c1. The zero-order chi connectivity index (χ0) is 14.9. The second-order valence-electron chi connectivity index (χ2n) is 4.93. The fraction of sp³-hybridized carbons (Fsp3) is 0.200. The van der Waals surface area contributed by atoms with Crippen molar-refractivity contribution in [1.82, 2.24) is 9.71 Å². The molecule has 1 aromatic heterocycles. The molecule has 0 radical (unpaired) electrons. The van der Waals surface area contributed by atoms with Crippen LogP contribution in [0.5, 0.6) is 0 Å². The summed E-state index contributed by atoms with van der Waals surface area (Å²) in [6.45, 7) is 2.54. The minimum Gasteiger partial charge on any atom is -0.265 e. The molecule has 1 aromatic carbocycles. The highest BCUT2D eigenvalue weighted by Gasteiger charge is 2.27. The fourth-order valence-electron chi connectivity index (χ4n) is 2.29. The van der Waals surface area contributed by atoms with Gasteiger partial charge in [-0.15, -0.1) is 0 Å². The topological polar surface area (TPSA) is 71.4 Å². The smallest absolute Gasteiger partial charge is 0.258 e. The van der Waals surface area contributed by atoms with E-state index in [1.165, 1.54) is 0 Å². The quantitative estimate of drug-likeness (QED) is 0.939. The average Bonchev–Trinajstić information content (AvgIpc) is 2.90. The van der Waals surface area contributed by atoms with Gasteiger partial charge in [-0.05, 0) is 24.6 Å². The molecule has 3 rings (SSSR count). The van der Waals surface area contributed by atoms with Crippen LogP contribution in [0.4, 0.5) is 0 Å². The van der Waals surface area contributed by atoms with E-state index >= 15 is 0 Å². The predicted molar refractivity (Wildman–Crippen MR) is 81.4 cm³/mol. The number of sulfonamides is 1. The molecule has 0 bridgehead atoms. The van der Waals surface area contributed by atoms with E-state index in [2.05, 4.69) is 14.7 Å². The fourth-order valence-corrected chi connectivity index (χ4v) is 3.49. The van der Waals surface area contributed by atoms with E-state index in [-0.39, 0.29) is 11.6 Å². The highest BCUT2D eigenvalue weighted by Crippen LogP contribution is 2.19. The lowest BCUT2D eigenvalue weighted by molar-refractivity contribution is 0.593. The molecule has 0 amide bonds. The maximum atomic E-state index is 12.4. The number of fused-ring (bicyclic) bond motifs is 1. The highest BCUT2D eigenvalue weighted by molar-refractivity contribution is 8.05. The molecule has 0 saturated heterocycles. The maximum Gasteiger partial charge on any atom is 0.258 e. The molecule has 0 atom stereocenters. The molecule has 6 heteroatoms. The lowest BCUT2D eigenvalue weighted by Gasteiger charge is -2.08. The predicted octanol–water partition coefficient (Wildman–Crippen LogP) is 1.77. The van der Waals surface area contributed by atoms with Gasteiger partial charge in [0, 0.05) is 18.3 Å². The van der Waals surface area contributed by atoms with E-state index in [1.54, 1.807) is 18.3 Å². The standard InChI is InChI=1S/C15H15N3O2S/c1-11-4-2-5-12(8-11)9-18-21(19,20)15-13-6-3-7-16-14(13)10-17-15/h2-8,18H,9-10H2,1H3. The summed E-state index contributed by atoms with van der Waals surface area (Å²) in [5, 5.41) is 0.0817. The first-order chi connectivity index (χ1) is 10.1. The van der Waals surface area contributed by atoms with Crippen LogP contribution in [-0.4, -0.2) is 18.4 Å². The first-order valence-electron chi connectivity index (χ1n) is 6.60. The molecule has 0 aliphatic carbocycles. The van der Waals surface area contributed by atoms with E-state index < -0.39 is 10.0 Å². The number of benzene rings is 1. The van der Waals surface area contributed by atoms with Gasteiger partial charge in [-0.2, -0.15) is 0 Å². The molecule has 1 aliphatic rings. The summed E-state index contributed by atoms with van der Waals surface area (Å²) in [4.78, 5) is 8.25. The van der Waals surface area contributed by atoms with Crippen molar-refractivity contribution >= 4 is 15.1 Å². The van der Waals surface area contributed by atoms with Gasteiger partial charge in [-0.1, -0.05) is 29.8 Å². The molecule has 0 spiro atoms. The Hall–Kier alpha value is -2.05. The van der Waals surface area contributed by atoms with Crippen LogP contribution in [-0.2, 0) is 23.1 Å². The molecule has 21 heavy (non-hydrogen) atoms. The van der Waals surface area contributed by atoms with Crippen LogP contribution < -0.4 is 4.72 Å². The van der Waals surface area contributed by atoms with Crippen molar-refractivity contribution in [2.24, 2.45) is 4.99 Å². The van der Waals surface area contributed by atoms with E-state index in [4.69, 9.17) is 0 Å². The molecule has 0 saturated carbocycles. The number of nitrogens with one attached hydrogen (secondary N) is 1. The number of hydrogen-bond acceptors (Lipinski definition) is 4. The summed E-state index contributed by atoms with van der Waals surface area (Å²) in [7, 11) is -3.62. The zero-order valence-corrected chi connectivity index (χ0v) is 12.4. The molecular formula is C15H15N3O2S. The summed E-state index contributed by atoms with van der Waals surface area (Å²) >= 11 is 0. The van der Waals surface area contributed by atoms with Gasteiger partial charge >= 0.3 is 0 Å². The molecule has 108 valence electrons. The molecule has 5 nitrogen and oxygen atoms in total. The zero-order valence-electron chi connectivity index (χ0n) is 11.6. The van der Waals surface area contributed by atoms with E-state index in [0.29, 0.717) is 17.8 Å². The number of rotatable bonds is 3. The van der Waals surface area contributed by atoms with Crippen LogP contribution in [0.25, 0.3) is 0 Å². The van der Waals surface area contributed by atoms with Gasteiger partial charge < -0.3 is 0 Å². The summed E-state index contributed by atoms with van der Waals surface area (Å²) in [6, 6.07) is 11.2. The Bertz CT molecular complexity index is 813. The monoisotopic (exact) mass is 301 g/mol. The highest BCUT2D eigenvalue weighted by atomic mass is 32.2. The van der Waals surface area contributed by atoms with Gasteiger partial charge in [0.25, 0.3) is 10.0 Å². The second kappa shape index (κ2) is 5.38. The number of aromatic nitrogens is 1. The van der Waals surface area contributed by atoms with Crippen LogP contribution in [0.15, 0.2) is 47.6 Å². The van der Waals surface area contributed by atoms with Crippen molar-refractivity contribution in [1.29, 1.82) is 0 Å². The molecule has 1 aliphatic heterocycles. The third-order valence-electron chi connectivity index (χ3n) is 3.30. The minimum atomic E-state index is -3.62. The summed E-state index contributed by atoms with van der Waals surface area (Å²) in [5.41, 5.74) is 3.31. The number of pyridine rings is 1. The molecule has 0 fully saturated rings. The lowest BCUT2D eigenvalue weighted by atomic mass is 10.1. The first kappa shape index (κ1) is 13.9. The van der Waals surface area contributed by atoms with Crippen molar-refractivity contribution in [2.75, 3.05) is 0 Å². The van der Waals surface area contributed by atoms with Crippen molar-refractivity contribution in [3.8, 4) is 0 Å². The summed E-state index contributed by atoms with van der Waals surface area (Å²) in [6.07, 6.45) is 1.64. The number of nitrogens with zero attached hydrogens (tertiary/aromatic N) is 2. The van der Waals surface area contributed by atoms with Crippen LogP contribution in [0.2, 0.25) is 0 Å². The van der Waals surface area contributed by atoms with Gasteiger partial charge in [-0.3, -0.25) is 9.98 Å². The Kier molecular flexibility index (Phi) is 3.57. The van der Waals surface area contributed by atoms with Gasteiger partial charge in [0.2, 0.25) is 0 Å².